The molecule has 0 atom stereocenters. The third kappa shape index (κ3) is 1.26. The lowest BCUT2D eigenvalue weighted by Gasteiger charge is -1.97. The van der Waals surface area contributed by atoms with E-state index in [-0.39, 0.29) is 0 Å². The molecule has 5 heteroatoms. The normalized spacial score (nSPS) is 9.80. The average molecular weight is 143 g/mol. The Morgan fingerprint density at radius 1 is 1.90 bits per heavy atom. The van der Waals surface area contributed by atoms with Crippen LogP contribution in [0.3, 0.4) is 0 Å². The molecule has 1 aromatic heterocycles. The first kappa shape index (κ1) is 7.04. The Balaban J connectivity index is 2.70. The van der Waals surface area contributed by atoms with Crippen molar-refractivity contribution in [2.24, 2.45) is 0 Å². The quantitative estimate of drug-likeness (QED) is 0.516. The second-order valence-electron chi connectivity index (χ2n) is 1.76. The maximum absolute atomic E-state index is 8.31. The number of hydroxylamine groups is 1. The summed E-state index contributed by atoms with van der Waals surface area (Å²) < 4.78 is 4.87. The van der Waals surface area contributed by atoms with Gasteiger partial charge in [0.1, 0.15) is 0 Å². The topological polar surface area (TPSA) is 70.2 Å². The van der Waals surface area contributed by atoms with Crippen LogP contribution in [0.25, 0.3) is 0 Å². The number of aromatic amines is 1. The molecule has 5 nitrogen and oxygen atoms in total. The molecule has 56 valence electrons. The summed E-state index contributed by atoms with van der Waals surface area (Å²) in [5, 5.41) is 14.6. The van der Waals surface area contributed by atoms with Gasteiger partial charge in [0.25, 0.3) is 0 Å². The van der Waals surface area contributed by atoms with Gasteiger partial charge in [-0.3, -0.25) is 0 Å². The van der Waals surface area contributed by atoms with Crippen molar-refractivity contribution in [2.75, 3.05) is 7.11 Å². The fourth-order valence-electron chi connectivity index (χ4n) is 0.687. The summed E-state index contributed by atoms with van der Waals surface area (Å²) in [6.07, 6.45) is 1.59. The number of rotatable bonds is 3. The lowest BCUT2D eigenvalue weighted by atomic mass is 10.3. The molecule has 0 aliphatic rings. The number of methoxy groups -OCH3 is 1. The zero-order valence-electron chi connectivity index (χ0n) is 5.59. The molecule has 0 saturated carbocycles. The molecule has 0 saturated heterocycles. The smallest absolute Gasteiger partial charge is 0.213 e. The lowest BCUT2D eigenvalue weighted by Crippen LogP contribution is -2.06. The first-order valence-corrected chi connectivity index (χ1v) is 2.81. The van der Waals surface area contributed by atoms with Crippen molar-refractivity contribution in [3.05, 3.63) is 11.8 Å². The van der Waals surface area contributed by atoms with Crippen molar-refractivity contribution in [3.63, 3.8) is 0 Å². The van der Waals surface area contributed by atoms with Crippen molar-refractivity contribution in [3.8, 4) is 5.88 Å². The molecule has 1 heterocycles. The standard InChI is InChI=1S/C5H9N3O2/c1-10-5-4(3-7-9)2-6-8-5/h2,7,9H,3H2,1H3,(H,6,8). The van der Waals surface area contributed by atoms with Crippen molar-refractivity contribution in [2.45, 2.75) is 6.54 Å². The summed E-state index contributed by atoms with van der Waals surface area (Å²) in [4.78, 5) is 0. The van der Waals surface area contributed by atoms with Crippen LogP contribution in [0.15, 0.2) is 6.20 Å². The number of hydrogen-bond donors (Lipinski definition) is 3. The van der Waals surface area contributed by atoms with Gasteiger partial charge < -0.3 is 9.94 Å². The Labute approximate surface area is 58.0 Å². The molecule has 0 aliphatic heterocycles. The second-order valence-corrected chi connectivity index (χ2v) is 1.76. The maximum atomic E-state index is 8.31. The van der Waals surface area contributed by atoms with Crippen LogP contribution in [-0.4, -0.2) is 22.5 Å². The summed E-state index contributed by atoms with van der Waals surface area (Å²) >= 11 is 0. The van der Waals surface area contributed by atoms with Gasteiger partial charge in [-0.1, -0.05) is 0 Å². The molecular formula is C5H9N3O2. The summed E-state index contributed by atoms with van der Waals surface area (Å²) in [6, 6.07) is 0. The monoisotopic (exact) mass is 143 g/mol. The largest absolute Gasteiger partial charge is 0.481 e. The van der Waals surface area contributed by atoms with E-state index >= 15 is 0 Å². The second kappa shape index (κ2) is 3.19. The van der Waals surface area contributed by atoms with Gasteiger partial charge in [0, 0.05) is 5.56 Å². The zero-order chi connectivity index (χ0) is 7.40. The highest BCUT2D eigenvalue weighted by atomic mass is 16.5. The Bertz CT molecular complexity index is 199. The van der Waals surface area contributed by atoms with Crippen molar-refractivity contribution in [1.29, 1.82) is 0 Å². The minimum atomic E-state index is 0.333. The van der Waals surface area contributed by atoms with Gasteiger partial charge in [-0.05, 0) is 0 Å². The minimum Gasteiger partial charge on any atom is -0.481 e. The predicted octanol–water partition coefficient (Wildman–Crippen LogP) is -0.103. The van der Waals surface area contributed by atoms with E-state index in [4.69, 9.17) is 9.94 Å². The van der Waals surface area contributed by atoms with E-state index in [0.29, 0.717) is 12.4 Å². The molecule has 1 aromatic rings. The van der Waals surface area contributed by atoms with Gasteiger partial charge in [0.2, 0.25) is 5.88 Å². The highest BCUT2D eigenvalue weighted by Gasteiger charge is 2.01. The molecule has 0 amide bonds. The number of H-pyrrole nitrogens is 1. The molecule has 0 fully saturated rings. The third-order valence-corrected chi connectivity index (χ3v) is 1.15. The van der Waals surface area contributed by atoms with Crippen LogP contribution >= 0.6 is 0 Å². The molecule has 0 spiro atoms. The Morgan fingerprint density at radius 3 is 3.30 bits per heavy atom. The minimum absolute atomic E-state index is 0.333. The van der Waals surface area contributed by atoms with E-state index in [1.165, 1.54) is 7.11 Å². The van der Waals surface area contributed by atoms with Crippen LogP contribution in [-0.2, 0) is 6.54 Å². The van der Waals surface area contributed by atoms with Crippen molar-refractivity contribution < 1.29 is 9.94 Å². The van der Waals surface area contributed by atoms with E-state index in [1.54, 1.807) is 6.20 Å². The maximum Gasteiger partial charge on any atom is 0.213 e. The molecule has 10 heavy (non-hydrogen) atoms. The van der Waals surface area contributed by atoms with Gasteiger partial charge >= 0.3 is 0 Å². The van der Waals surface area contributed by atoms with Crippen LogP contribution in [0.2, 0.25) is 0 Å². The van der Waals surface area contributed by atoms with Gasteiger partial charge in [-0.2, -0.15) is 5.10 Å². The van der Waals surface area contributed by atoms with Gasteiger partial charge in [0.05, 0.1) is 19.9 Å². The molecule has 0 aromatic carbocycles. The van der Waals surface area contributed by atoms with Crippen molar-refractivity contribution in [1.82, 2.24) is 15.7 Å². The Morgan fingerprint density at radius 2 is 2.70 bits per heavy atom. The number of aromatic nitrogens is 2. The average Bonchev–Trinajstić information content (AvgIpc) is 2.36. The molecule has 0 bridgehead atoms. The number of hydrogen-bond acceptors (Lipinski definition) is 4. The molecule has 0 radical (unpaired) electrons. The summed E-state index contributed by atoms with van der Waals surface area (Å²) in [5.41, 5.74) is 2.80. The summed E-state index contributed by atoms with van der Waals surface area (Å²) in [5.74, 6) is 0.571. The third-order valence-electron chi connectivity index (χ3n) is 1.15. The van der Waals surface area contributed by atoms with Crippen LogP contribution < -0.4 is 10.2 Å². The highest BCUT2D eigenvalue weighted by Crippen LogP contribution is 2.11. The lowest BCUT2D eigenvalue weighted by molar-refractivity contribution is 0.160. The molecule has 3 N–H and O–H groups in total. The van der Waals surface area contributed by atoms with Gasteiger partial charge in [-0.25, -0.2) is 10.6 Å². The van der Waals surface area contributed by atoms with Crippen LogP contribution in [0.4, 0.5) is 0 Å². The molecular weight excluding hydrogens is 134 g/mol. The van der Waals surface area contributed by atoms with E-state index in [1.807, 2.05) is 5.48 Å². The fourth-order valence-corrected chi connectivity index (χ4v) is 0.687. The number of ether oxygens (including phenoxy) is 1. The Hall–Kier alpha value is -1.07. The van der Waals surface area contributed by atoms with Gasteiger partial charge in [0.15, 0.2) is 0 Å². The fraction of sp³-hybridized carbons (Fsp3) is 0.400. The van der Waals surface area contributed by atoms with Gasteiger partial charge in [-0.15, -0.1) is 0 Å². The summed E-state index contributed by atoms with van der Waals surface area (Å²) in [7, 11) is 1.54. The highest BCUT2D eigenvalue weighted by molar-refractivity contribution is 5.21. The Kier molecular flexibility index (Phi) is 2.24. The first-order chi connectivity index (χ1) is 4.88. The number of nitrogens with zero attached hydrogens (tertiary/aromatic N) is 1. The zero-order valence-corrected chi connectivity index (χ0v) is 5.59. The summed E-state index contributed by atoms with van der Waals surface area (Å²) in [6.45, 7) is 0.333. The van der Waals surface area contributed by atoms with E-state index < -0.39 is 0 Å². The van der Waals surface area contributed by atoms with E-state index in [2.05, 4.69) is 10.2 Å². The SMILES string of the molecule is COc1[nH]ncc1CNO. The van der Waals surface area contributed by atoms with Crippen LogP contribution in [0.5, 0.6) is 5.88 Å². The van der Waals surface area contributed by atoms with Crippen LogP contribution in [0.1, 0.15) is 5.56 Å². The predicted molar refractivity (Wildman–Crippen MR) is 33.8 cm³/mol. The molecule has 0 unspecified atom stereocenters. The number of nitrogens with one attached hydrogen (secondary N) is 2. The molecule has 1 rings (SSSR count). The molecule has 0 aliphatic carbocycles. The first-order valence-electron chi connectivity index (χ1n) is 2.81. The van der Waals surface area contributed by atoms with E-state index in [9.17, 15) is 0 Å². The van der Waals surface area contributed by atoms with Crippen LogP contribution in [0, 0.1) is 0 Å². The van der Waals surface area contributed by atoms with Crippen molar-refractivity contribution >= 4 is 0 Å². The van der Waals surface area contributed by atoms with E-state index in [0.717, 1.165) is 5.56 Å².